The van der Waals surface area contributed by atoms with Gasteiger partial charge in [-0.1, -0.05) is 11.6 Å². The molecule has 0 saturated carbocycles. The van der Waals surface area contributed by atoms with Crippen LogP contribution in [0.5, 0.6) is 0 Å². The highest BCUT2D eigenvalue weighted by atomic mass is 35.5. The molecule has 82 valence electrons. The number of halogens is 1. The number of Topliss-reactive ketones (excluding diaryl/α,β-unsaturated/α-hetero) is 1. The van der Waals surface area contributed by atoms with Crippen molar-refractivity contribution in [2.45, 2.75) is 13.3 Å². The fraction of sp³-hybridized carbons (Fsp3) is 0.167. The first-order valence-electron chi connectivity index (χ1n) is 4.83. The van der Waals surface area contributed by atoms with Gasteiger partial charge in [0.15, 0.2) is 5.78 Å². The SMILES string of the molecule is Cc1cc(C(=O)Cc2ccncc2Cl)co1. The van der Waals surface area contributed by atoms with Crippen molar-refractivity contribution in [2.75, 3.05) is 0 Å². The Bertz CT molecular complexity index is 519. The maximum absolute atomic E-state index is 11.8. The summed E-state index contributed by atoms with van der Waals surface area (Å²) in [6.45, 7) is 1.80. The van der Waals surface area contributed by atoms with Crippen molar-refractivity contribution in [1.29, 1.82) is 0 Å². The van der Waals surface area contributed by atoms with E-state index in [1.54, 1.807) is 25.3 Å². The van der Waals surface area contributed by atoms with Crippen LogP contribution in [0.3, 0.4) is 0 Å². The first kappa shape index (κ1) is 10.9. The van der Waals surface area contributed by atoms with Gasteiger partial charge in [-0.05, 0) is 24.6 Å². The largest absolute Gasteiger partial charge is 0.469 e. The summed E-state index contributed by atoms with van der Waals surface area (Å²) < 4.78 is 5.09. The highest BCUT2D eigenvalue weighted by Gasteiger charge is 2.11. The second kappa shape index (κ2) is 4.49. The summed E-state index contributed by atoms with van der Waals surface area (Å²) in [6, 6.07) is 3.46. The van der Waals surface area contributed by atoms with E-state index in [0.29, 0.717) is 10.6 Å². The van der Waals surface area contributed by atoms with E-state index in [2.05, 4.69) is 4.98 Å². The van der Waals surface area contributed by atoms with Gasteiger partial charge in [0.05, 0.1) is 10.6 Å². The summed E-state index contributed by atoms with van der Waals surface area (Å²) in [5.41, 5.74) is 1.35. The highest BCUT2D eigenvalue weighted by molar-refractivity contribution is 6.31. The molecule has 0 fully saturated rings. The summed E-state index contributed by atoms with van der Waals surface area (Å²) in [7, 11) is 0. The van der Waals surface area contributed by atoms with Crippen LogP contribution in [0, 0.1) is 6.92 Å². The standard InChI is InChI=1S/C12H10ClNO2/c1-8-4-10(7-16-8)12(15)5-9-2-3-14-6-11(9)13/h2-4,6-7H,5H2,1H3. The Morgan fingerprint density at radius 3 is 3.00 bits per heavy atom. The zero-order chi connectivity index (χ0) is 11.5. The number of carbonyl (C=O) groups excluding carboxylic acids is 1. The molecule has 0 atom stereocenters. The van der Waals surface area contributed by atoms with Crippen molar-refractivity contribution in [3.8, 4) is 0 Å². The topological polar surface area (TPSA) is 43.1 Å². The molecule has 2 rings (SSSR count). The molecule has 0 unspecified atom stereocenters. The molecule has 0 amide bonds. The van der Waals surface area contributed by atoms with Crippen LogP contribution in [0.4, 0.5) is 0 Å². The molecule has 0 N–H and O–H groups in total. The number of furan rings is 1. The maximum atomic E-state index is 11.8. The zero-order valence-corrected chi connectivity index (χ0v) is 9.49. The van der Waals surface area contributed by atoms with Gasteiger partial charge in [-0.2, -0.15) is 0 Å². The molecule has 0 aliphatic heterocycles. The lowest BCUT2D eigenvalue weighted by atomic mass is 10.1. The summed E-state index contributed by atoms with van der Waals surface area (Å²) >= 11 is 5.92. The Hall–Kier alpha value is -1.61. The molecule has 2 heterocycles. The number of hydrogen-bond donors (Lipinski definition) is 0. The third kappa shape index (κ3) is 2.31. The van der Waals surface area contributed by atoms with Crippen molar-refractivity contribution in [3.63, 3.8) is 0 Å². The van der Waals surface area contributed by atoms with Crippen molar-refractivity contribution >= 4 is 17.4 Å². The molecule has 0 saturated heterocycles. The van der Waals surface area contributed by atoms with Crippen molar-refractivity contribution in [3.05, 3.63) is 52.7 Å². The minimum Gasteiger partial charge on any atom is -0.469 e. The molecule has 3 nitrogen and oxygen atoms in total. The van der Waals surface area contributed by atoms with E-state index in [9.17, 15) is 4.79 Å². The van der Waals surface area contributed by atoms with Crippen molar-refractivity contribution in [1.82, 2.24) is 4.98 Å². The molecular weight excluding hydrogens is 226 g/mol. The Morgan fingerprint density at radius 1 is 1.56 bits per heavy atom. The smallest absolute Gasteiger partial charge is 0.170 e. The van der Waals surface area contributed by atoms with Gasteiger partial charge in [-0.3, -0.25) is 9.78 Å². The zero-order valence-electron chi connectivity index (χ0n) is 8.74. The number of nitrogens with zero attached hydrogens (tertiary/aromatic N) is 1. The molecule has 4 heteroatoms. The van der Waals surface area contributed by atoms with Gasteiger partial charge >= 0.3 is 0 Å². The summed E-state index contributed by atoms with van der Waals surface area (Å²) in [4.78, 5) is 15.7. The Labute approximate surface area is 98.1 Å². The summed E-state index contributed by atoms with van der Waals surface area (Å²) in [5.74, 6) is 0.717. The minimum atomic E-state index is -0.00931. The number of ketones is 1. The van der Waals surface area contributed by atoms with Crippen LogP contribution in [0.25, 0.3) is 0 Å². The second-order valence-corrected chi connectivity index (χ2v) is 3.92. The second-order valence-electron chi connectivity index (χ2n) is 3.51. The molecule has 0 aliphatic rings. The number of pyridine rings is 1. The summed E-state index contributed by atoms with van der Waals surface area (Å²) in [6.07, 6.45) is 4.88. The van der Waals surface area contributed by atoms with E-state index in [0.717, 1.165) is 11.3 Å². The lowest BCUT2D eigenvalue weighted by Crippen LogP contribution is -2.02. The Morgan fingerprint density at radius 2 is 2.38 bits per heavy atom. The van der Waals surface area contributed by atoms with Crippen molar-refractivity contribution in [2.24, 2.45) is 0 Å². The van der Waals surface area contributed by atoms with Crippen molar-refractivity contribution < 1.29 is 9.21 Å². The molecule has 16 heavy (non-hydrogen) atoms. The minimum absolute atomic E-state index is 0.00931. The number of rotatable bonds is 3. The van der Waals surface area contributed by atoms with Gasteiger partial charge in [0, 0.05) is 18.8 Å². The first-order chi connectivity index (χ1) is 7.66. The number of aryl methyl sites for hydroxylation is 1. The third-order valence-electron chi connectivity index (χ3n) is 2.26. The predicted octanol–water partition coefficient (Wildman–Crippen LogP) is 3.06. The van der Waals surface area contributed by atoms with Gasteiger partial charge in [0.2, 0.25) is 0 Å². The molecular formula is C12H10ClNO2. The van der Waals surface area contributed by atoms with Gasteiger partial charge in [0.1, 0.15) is 12.0 Å². The fourth-order valence-corrected chi connectivity index (χ4v) is 1.60. The van der Waals surface area contributed by atoms with Crippen LogP contribution in [0.15, 0.2) is 35.2 Å². The first-order valence-corrected chi connectivity index (χ1v) is 5.21. The van der Waals surface area contributed by atoms with Crippen LogP contribution in [0.1, 0.15) is 21.7 Å². The number of carbonyl (C=O) groups is 1. The highest BCUT2D eigenvalue weighted by Crippen LogP contribution is 2.17. The van der Waals surface area contributed by atoms with E-state index in [1.165, 1.54) is 12.5 Å². The van der Waals surface area contributed by atoms with Gasteiger partial charge < -0.3 is 4.42 Å². The molecule has 0 radical (unpaired) electrons. The lowest BCUT2D eigenvalue weighted by Gasteiger charge is -2.00. The van der Waals surface area contributed by atoms with Gasteiger partial charge in [-0.25, -0.2) is 0 Å². The van der Waals surface area contributed by atoms with Crippen LogP contribution in [-0.4, -0.2) is 10.8 Å². The lowest BCUT2D eigenvalue weighted by molar-refractivity contribution is 0.0992. The maximum Gasteiger partial charge on any atom is 0.170 e. The molecule has 2 aromatic heterocycles. The van der Waals surface area contributed by atoms with E-state index in [1.807, 2.05) is 0 Å². The predicted molar refractivity (Wildman–Crippen MR) is 60.7 cm³/mol. The van der Waals surface area contributed by atoms with Crippen LogP contribution in [-0.2, 0) is 6.42 Å². The van der Waals surface area contributed by atoms with Crippen LogP contribution >= 0.6 is 11.6 Å². The normalized spacial score (nSPS) is 10.4. The van der Waals surface area contributed by atoms with Crippen LogP contribution < -0.4 is 0 Å². The monoisotopic (exact) mass is 235 g/mol. The summed E-state index contributed by atoms with van der Waals surface area (Å²) in [5, 5.41) is 0.510. The van der Waals surface area contributed by atoms with E-state index < -0.39 is 0 Å². The molecule has 0 aromatic carbocycles. The Balaban J connectivity index is 2.17. The number of aromatic nitrogens is 1. The molecule has 0 aliphatic carbocycles. The molecule has 0 bridgehead atoms. The quantitative estimate of drug-likeness (QED) is 0.768. The van der Waals surface area contributed by atoms with Gasteiger partial charge in [0.25, 0.3) is 0 Å². The van der Waals surface area contributed by atoms with E-state index in [4.69, 9.17) is 16.0 Å². The molecule has 0 spiro atoms. The van der Waals surface area contributed by atoms with Gasteiger partial charge in [-0.15, -0.1) is 0 Å². The average Bonchev–Trinajstić information content (AvgIpc) is 2.68. The Kier molecular flexibility index (Phi) is 3.06. The molecule has 2 aromatic rings. The fourth-order valence-electron chi connectivity index (χ4n) is 1.41. The van der Waals surface area contributed by atoms with E-state index in [-0.39, 0.29) is 12.2 Å². The van der Waals surface area contributed by atoms with Crippen LogP contribution in [0.2, 0.25) is 5.02 Å². The van der Waals surface area contributed by atoms with E-state index >= 15 is 0 Å². The average molecular weight is 236 g/mol. The third-order valence-corrected chi connectivity index (χ3v) is 2.60. The number of hydrogen-bond acceptors (Lipinski definition) is 3.